The Balaban J connectivity index is 1.21. The Morgan fingerprint density at radius 3 is 2.47 bits per heavy atom. The van der Waals surface area contributed by atoms with Crippen LogP contribution in [0.25, 0.3) is 22.2 Å². The van der Waals surface area contributed by atoms with E-state index in [9.17, 15) is 4.79 Å². The van der Waals surface area contributed by atoms with Crippen LogP contribution in [0.15, 0.2) is 60.7 Å². The summed E-state index contributed by atoms with van der Waals surface area (Å²) in [7, 11) is 2.16. The summed E-state index contributed by atoms with van der Waals surface area (Å²) in [5, 5.41) is 0. The van der Waals surface area contributed by atoms with Crippen LogP contribution in [0.4, 0.5) is 5.69 Å². The number of carbonyl (C=O) groups is 1. The lowest BCUT2D eigenvalue weighted by molar-refractivity contribution is 0.0733. The third kappa shape index (κ3) is 4.42. The Labute approximate surface area is 211 Å². The van der Waals surface area contributed by atoms with Crippen molar-refractivity contribution in [2.45, 2.75) is 13.5 Å². The molecule has 0 unspecified atom stereocenters. The molecule has 6 rings (SSSR count). The minimum absolute atomic E-state index is 0.0381. The van der Waals surface area contributed by atoms with Gasteiger partial charge in [0.05, 0.1) is 17.6 Å². The molecule has 0 bridgehead atoms. The fourth-order valence-corrected chi connectivity index (χ4v) is 5.13. The summed E-state index contributed by atoms with van der Waals surface area (Å²) in [6.45, 7) is 7.67. The molecular formula is C29H31N5O2. The fraction of sp³-hybridized carbons (Fsp3) is 0.310. The fourth-order valence-electron chi connectivity index (χ4n) is 5.13. The molecule has 36 heavy (non-hydrogen) atoms. The average Bonchev–Trinajstić information content (AvgIpc) is 3.14. The molecule has 3 heterocycles. The highest BCUT2D eigenvalue weighted by Gasteiger charge is 2.22. The molecule has 2 aliphatic rings. The number of likely N-dealkylation sites (N-methyl/N-ethyl adjacent to an activating group) is 1. The first-order valence-corrected chi connectivity index (χ1v) is 12.6. The zero-order chi connectivity index (χ0) is 24.6. The number of rotatable bonds is 3. The maximum atomic E-state index is 13.4. The molecule has 4 aromatic rings. The smallest absolute Gasteiger partial charge is 0.254 e. The van der Waals surface area contributed by atoms with E-state index in [2.05, 4.69) is 63.2 Å². The van der Waals surface area contributed by atoms with Gasteiger partial charge in [-0.3, -0.25) is 4.79 Å². The van der Waals surface area contributed by atoms with E-state index in [1.807, 2.05) is 36.1 Å². The van der Waals surface area contributed by atoms with Crippen molar-refractivity contribution in [2.75, 3.05) is 51.3 Å². The number of aromatic nitrogens is 2. The lowest BCUT2D eigenvalue weighted by Gasteiger charge is -2.34. The van der Waals surface area contributed by atoms with Crippen LogP contribution in [0.1, 0.15) is 21.7 Å². The molecule has 1 N–H and O–H groups in total. The van der Waals surface area contributed by atoms with E-state index < -0.39 is 0 Å². The molecule has 3 aromatic carbocycles. The molecule has 2 aliphatic heterocycles. The zero-order valence-electron chi connectivity index (χ0n) is 20.8. The summed E-state index contributed by atoms with van der Waals surface area (Å²) in [4.78, 5) is 27.9. The van der Waals surface area contributed by atoms with Gasteiger partial charge in [-0.05, 0) is 73.6 Å². The van der Waals surface area contributed by atoms with Gasteiger partial charge in [0.2, 0.25) is 0 Å². The molecule has 7 heteroatoms. The minimum Gasteiger partial charge on any atom is -0.491 e. The van der Waals surface area contributed by atoms with Crippen molar-refractivity contribution in [2.24, 2.45) is 0 Å². The van der Waals surface area contributed by atoms with E-state index in [0.717, 1.165) is 65.5 Å². The molecule has 0 spiro atoms. The second-order valence-corrected chi connectivity index (χ2v) is 9.79. The van der Waals surface area contributed by atoms with Gasteiger partial charge in [0, 0.05) is 49.5 Å². The van der Waals surface area contributed by atoms with Crippen molar-refractivity contribution in [1.29, 1.82) is 0 Å². The van der Waals surface area contributed by atoms with Gasteiger partial charge < -0.3 is 24.4 Å². The first-order valence-electron chi connectivity index (χ1n) is 12.6. The van der Waals surface area contributed by atoms with E-state index in [4.69, 9.17) is 4.74 Å². The Morgan fingerprint density at radius 1 is 0.917 bits per heavy atom. The molecule has 7 nitrogen and oxygen atoms in total. The number of H-pyrrole nitrogens is 1. The molecule has 0 aliphatic carbocycles. The van der Waals surface area contributed by atoms with Crippen molar-refractivity contribution in [1.82, 2.24) is 19.8 Å². The molecule has 184 valence electrons. The summed E-state index contributed by atoms with van der Waals surface area (Å²) >= 11 is 0. The predicted octanol–water partition coefficient (Wildman–Crippen LogP) is 4.32. The summed E-state index contributed by atoms with van der Waals surface area (Å²) in [6, 6.07) is 20.6. The van der Waals surface area contributed by atoms with Crippen molar-refractivity contribution in [3.63, 3.8) is 0 Å². The third-order valence-electron chi connectivity index (χ3n) is 7.24. The minimum atomic E-state index is 0.0381. The standard InChI is InChI=1S/C29H31N5O2/c1-20-30-26-9-5-23(18-27(26)31-20)22-6-10-28-24(17-22)19-34(15-16-36-28)29(35)21-3-7-25(8-4-21)33-13-11-32(2)12-14-33/h3-10,17-18H,11-16,19H2,1-2H3,(H,30,31). The molecule has 1 amide bonds. The van der Waals surface area contributed by atoms with Crippen LogP contribution >= 0.6 is 0 Å². The van der Waals surface area contributed by atoms with Crippen LogP contribution < -0.4 is 9.64 Å². The van der Waals surface area contributed by atoms with Crippen LogP contribution in [0.3, 0.4) is 0 Å². The van der Waals surface area contributed by atoms with E-state index in [0.29, 0.717) is 25.3 Å². The van der Waals surface area contributed by atoms with Crippen LogP contribution in [0.5, 0.6) is 5.75 Å². The van der Waals surface area contributed by atoms with Crippen molar-refractivity contribution in [3.05, 3.63) is 77.6 Å². The predicted molar refractivity (Wildman–Crippen MR) is 143 cm³/mol. The van der Waals surface area contributed by atoms with Crippen LogP contribution in [0.2, 0.25) is 0 Å². The van der Waals surface area contributed by atoms with Crippen LogP contribution in [-0.2, 0) is 6.54 Å². The second-order valence-electron chi connectivity index (χ2n) is 9.79. The highest BCUT2D eigenvalue weighted by molar-refractivity contribution is 5.94. The van der Waals surface area contributed by atoms with Gasteiger partial charge in [-0.25, -0.2) is 4.98 Å². The number of aryl methyl sites for hydroxylation is 1. The number of fused-ring (bicyclic) bond motifs is 2. The lowest BCUT2D eigenvalue weighted by Crippen LogP contribution is -2.44. The average molecular weight is 482 g/mol. The van der Waals surface area contributed by atoms with Crippen molar-refractivity contribution >= 4 is 22.6 Å². The largest absolute Gasteiger partial charge is 0.491 e. The highest BCUT2D eigenvalue weighted by atomic mass is 16.5. The normalized spacial score (nSPS) is 16.5. The van der Waals surface area contributed by atoms with Crippen LogP contribution in [0, 0.1) is 6.92 Å². The van der Waals surface area contributed by atoms with Gasteiger partial charge in [0.25, 0.3) is 5.91 Å². The Kier molecular flexibility index (Phi) is 5.85. The number of anilines is 1. The molecule has 1 fully saturated rings. The van der Waals surface area contributed by atoms with E-state index in [1.165, 1.54) is 5.69 Å². The number of hydrogen-bond donors (Lipinski definition) is 1. The molecule has 1 saturated heterocycles. The summed E-state index contributed by atoms with van der Waals surface area (Å²) in [5.41, 5.74) is 7.10. The van der Waals surface area contributed by atoms with Gasteiger partial charge in [0.15, 0.2) is 0 Å². The number of hydrogen-bond acceptors (Lipinski definition) is 5. The van der Waals surface area contributed by atoms with E-state index in [1.54, 1.807) is 0 Å². The number of amides is 1. The van der Waals surface area contributed by atoms with Crippen LogP contribution in [-0.4, -0.2) is 72.1 Å². The topological polar surface area (TPSA) is 64.7 Å². The number of carbonyl (C=O) groups excluding carboxylic acids is 1. The number of benzene rings is 3. The lowest BCUT2D eigenvalue weighted by atomic mass is 10.0. The summed E-state index contributed by atoms with van der Waals surface area (Å²) < 4.78 is 6.02. The Hall–Kier alpha value is -3.84. The molecule has 0 atom stereocenters. The zero-order valence-corrected chi connectivity index (χ0v) is 20.8. The monoisotopic (exact) mass is 481 g/mol. The number of nitrogens with zero attached hydrogens (tertiary/aromatic N) is 4. The van der Waals surface area contributed by atoms with Gasteiger partial charge in [0.1, 0.15) is 18.2 Å². The number of imidazole rings is 1. The number of aromatic amines is 1. The number of ether oxygens (including phenoxy) is 1. The summed E-state index contributed by atoms with van der Waals surface area (Å²) in [6.07, 6.45) is 0. The highest BCUT2D eigenvalue weighted by Crippen LogP contribution is 2.31. The van der Waals surface area contributed by atoms with Gasteiger partial charge in [-0.15, -0.1) is 0 Å². The maximum Gasteiger partial charge on any atom is 0.254 e. The first kappa shape index (κ1) is 22.6. The van der Waals surface area contributed by atoms with E-state index in [-0.39, 0.29) is 5.91 Å². The SMILES string of the molecule is Cc1nc2ccc(-c3ccc4c(c3)CN(C(=O)c3ccc(N5CCN(C)CC5)cc3)CCO4)cc2[nH]1. The Morgan fingerprint density at radius 2 is 1.67 bits per heavy atom. The first-order chi connectivity index (χ1) is 17.5. The molecule has 0 saturated carbocycles. The molecule has 0 radical (unpaired) electrons. The molecular weight excluding hydrogens is 450 g/mol. The molecule has 1 aromatic heterocycles. The van der Waals surface area contributed by atoms with E-state index >= 15 is 0 Å². The second kappa shape index (κ2) is 9.32. The van der Waals surface area contributed by atoms with Gasteiger partial charge in [-0.2, -0.15) is 0 Å². The number of nitrogens with one attached hydrogen (secondary N) is 1. The quantitative estimate of drug-likeness (QED) is 0.472. The number of piperazine rings is 1. The summed E-state index contributed by atoms with van der Waals surface area (Å²) in [5.74, 6) is 1.79. The maximum absolute atomic E-state index is 13.4. The van der Waals surface area contributed by atoms with Gasteiger partial charge in [-0.1, -0.05) is 12.1 Å². The third-order valence-corrected chi connectivity index (χ3v) is 7.24. The van der Waals surface area contributed by atoms with Crippen molar-refractivity contribution < 1.29 is 9.53 Å². The van der Waals surface area contributed by atoms with Gasteiger partial charge >= 0.3 is 0 Å². The Bertz CT molecular complexity index is 1400. The van der Waals surface area contributed by atoms with Crippen molar-refractivity contribution in [3.8, 4) is 16.9 Å².